The molecule has 0 aliphatic carbocycles. The van der Waals surface area contributed by atoms with Gasteiger partial charge in [0.1, 0.15) is 0 Å². The van der Waals surface area contributed by atoms with Gasteiger partial charge < -0.3 is 38.9 Å². The van der Waals surface area contributed by atoms with E-state index in [0.29, 0.717) is 0 Å². The van der Waals surface area contributed by atoms with Gasteiger partial charge in [0.25, 0.3) is 13.4 Å². The van der Waals surface area contributed by atoms with Crippen LogP contribution in [0.3, 0.4) is 0 Å². The van der Waals surface area contributed by atoms with E-state index in [4.69, 9.17) is 9.47 Å². The molecule has 0 spiro atoms. The first-order chi connectivity index (χ1) is 37.8. The summed E-state index contributed by atoms with van der Waals surface area (Å²) in [5.74, 6) is 3.38. The fourth-order valence-corrected chi connectivity index (χ4v) is 14.5. The van der Waals surface area contributed by atoms with Gasteiger partial charge in [-0.1, -0.05) is 109 Å². The van der Waals surface area contributed by atoms with Crippen LogP contribution in [0.15, 0.2) is 231 Å². The van der Waals surface area contributed by atoms with Gasteiger partial charge in [-0.2, -0.15) is 0 Å². The summed E-state index contributed by atoms with van der Waals surface area (Å²) in [5.41, 5.74) is 27.6. The lowest BCUT2D eigenvalue weighted by atomic mass is 9.28. The second kappa shape index (κ2) is 14.0. The Morgan fingerprint density at radius 2 is 0.487 bits per heavy atom. The number of nitrogens with zero attached hydrogens (tertiary/aromatic N) is 6. The van der Waals surface area contributed by atoms with Crippen molar-refractivity contribution in [2.45, 2.75) is 0 Å². The summed E-state index contributed by atoms with van der Waals surface area (Å²) < 4.78 is 14.1. The number of fused-ring (bicyclic) bond motifs is 8. The molecule has 19 rings (SSSR count). The third-order valence-corrected chi connectivity index (χ3v) is 17.1. The average Bonchev–Trinajstić information content (AvgIpc) is 3.52. The van der Waals surface area contributed by atoms with E-state index in [1.54, 1.807) is 0 Å². The van der Waals surface area contributed by atoms with Crippen molar-refractivity contribution in [2.24, 2.45) is 0 Å². The molecule has 0 radical (unpaired) electrons. The molecule has 11 aromatic rings. The highest BCUT2D eigenvalue weighted by atomic mass is 16.5. The van der Waals surface area contributed by atoms with Gasteiger partial charge in [0.05, 0.1) is 45.5 Å². The lowest BCUT2D eigenvalue weighted by Crippen LogP contribution is -2.69. The van der Waals surface area contributed by atoms with Crippen LogP contribution in [0.4, 0.5) is 102 Å². The minimum atomic E-state index is -0.201. The monoisotopic (exact) mass is 968 g/mol. The largest absolute Gasteiger partial charge is 0.453 e. The second-order valence-corrected chi connectivity index (χ2v) is 20.7. The number of anilines is 18. The van der Waals surface area contributed by atoms with Crippen molar-refractivity contribution in [2.75, 3.05) is 29.4 Å². The molecule has 0 saturated carbocycles. The Labute approximate surface area is 438 Å². The van der Waals surface area contributed by atoms with E-state index in [2.05, 4.69) is 260 Å². The first-order valence-electron chi connectivity index (χ1n) is 26.2. The molecule has 350 valence electrons. The van der Waals surface area contributed by atoms with Crippen molar-refractivity contribution in [1.82, 2.24) is 0 Å². The Kier molecular flexibility index (Phi) is 7.25. The normalized spacial score (nSPS) is 14.8. The predicted octanol–water partition coefficient (Wildman–Crippen LogP) is 13.6. The van der Waals surface area contributed by atoms with Gasteiger partial charge in [-0.3, -0.25) is 0 Å². The Morgan fingerprint density at radius 1 is 0.197 bits per heavy atom. The molecule has 8 nitrogen and oxygen atoms in total. The van der Waals surface area contributed by atoms with Crippen molar-refractivity contribution < 1.29 is 9.47 Å². The Bertz CT molecular complexity index is 4130. The molecule has 11 aromatic carbocycles. The first-order valence-corrected chi connectivity index (χ1v) is 26.2. The van der Waals surface area contributed by atoms with Crippen molar-refractivity contribution in [1.29, 1.82) is 0 Å². The standard InChI is InChI=1S/C66H38B2N6O2/c1-5-19-39(20-6-1)69-45-29-17-31-47-55(45)67-57-50(36-38-53-61(57)73(47)43-27-13-15-33-51(43)75-53)72(42-25-11-4-12-26-42)66-59(67)63(69)65-60-64(66)70(40-21-7-2-8-22-40)46-30-18-32-48-56(46)68(60)58-49(71(65)41-23-9-3-10-24-41)35-37-54-62(58)74(48)44-28-14-16-34-52(44)76-54/h1-38H. The third-order valence-electron chi connectivity index (χ3n) is 17.1. The van der Waals surface area contributed by atoms with E-state index in [1.807, 2.05) is 0 Å². The van der Waals surface area contributed by atoms with E-state index >= 15 is 0 Å². The number of para-hydroxylation sites is 8. The zero-order valence-corrected chi connectivity index (χ0v) is 40.6. The Hall–Kier alpha value is -10.1. The van der Waals surface area contributed by atoms with Crippen LogP contribution in [0.25, 0.3) is 0 Å². The topological polar surface area (TPSA) is 37.9 Å². The van der Waals surface area contributed by atoms with Crippen molar-refractivity contribution in [3.8, 4) is 23.0 Å². The summed E-state index contributed by atoms with van der Waals surface area (Å²) >= 11 is 0. The van der Waals surface area contributed by atoms with Crippen LogP contribution in [0, 0.1) is 0 Å². The molecule has 0 bridgehead atoms. The van der Waals surface area contributed by atoms with Crippen molar-refractivity contribution in [3.63, 3.8) is 0 Å². The minimum absolute atomic E-state index is 0.201. The van der Waals surface area contributed by atoms with E-state index in [0.717, 1.165) is 125 Å². The maximum atomic E-state index is 7.03. The number of hydrogen-bond donors (Lipinski definition) is 0. The zero-order chi connectivity index (χ0) is 49.1. The number of benzene rings is 11. The molecule has 0 fully saturated rings. The van der Waals surface area contributed by atoms with Crippen LogP contribution < -0.4 is 71.7 Å². The SMILES string of the molecule is c1ccc(N2c3cccc4c3B3c5c(ccc6c5N4c4ccccc4O6)N(c4ccccc4)c4c3c2c2c3c4N(c4ccccc4)c4cccc5c4B3c3c(ccc4c3N5c3ccccc3O4)N2c2ccccc2)cc1. The van der Waals surface area contributed by atoms with Crippen molar-refractivity contribution in [3.05, 3.63) is 231 Å². The minimum Gasteiger partial charge on any atom is -0.453 e. The number of rotatable bonds is 4. The molecular weight excluding hydrogens is 930 g/mol. The van der Waals surface area contributed by atoms with Gasteiger partial charge in [-0.25, -0.2) is 0 Å². The van der Waals surface area contributed by atoms with Crippen LogP contribution in [-0.2, 0) is 0 Å². The predicted molar refractivity (Wildman–Crippen MR) is 311 cm³/mol. The van der Waals surface area contributed by atoms with Crippen LogP contribution in [0.2, 0.25) is 0 Å². The molecule has 0 N–H and O–H groups in total. The average molecular weight is 969 g/mol. The van der Waals surface area contributed by atoms with Crippen LogP contribution in [0.5, 0.6) is 23.0 Å². The molecule has 10 heteroatoms. The third kappa shape index (κ3) is 4.63. The van der Waals surface area contributed by atoms with Gasteiger partial charge in [0.15, 0.2) is 23.0 Å². The smallest absolute Gasteiger partial charge is 0.258 e. The van der Waals surface area contributed by atoms with Crippen molar-refractivity contribution >= 4 is 149 Å². The molecule has 0 unspecified atom stereocenters. The van der Waals surface area contributed by atoms with E-state index in [9.17, 15) is 0 Å². The van der Waals surface area contributed by atoms with Gasteiger partial charge in [0.2, 0.25) is 0 Å². The zero-order valence-electron chi connectivity index (χ0n) is 40.6. The molecule has 8 heterocycles. The van der Waals surface area contributed by atoms with Gasteiger partial charge in [-0.05, 0) is 154 Å². The van der Waals surface area contributed by atoms with E-state index in [1.165, 1.54) is 32.8 Å². The molecule has 0 atom stereocenters. The molecule has 0 aromatic heterocycles. The summed E-state index contributed by atoms with van der Waals surface area (Å²) in [6.07, 6.45) is 0. The Balaban J connectivity index is 1.06. The highest BCUT2D eigenvalue weighted by molar-refractivity contribution is 7.06. The lowest BCUT2D eigenvalue weighted by molar-refractivity contribution is 0.477. The summed E-state index contributed by atoms with van der Waals surface area (Å²) in [7, 11) is 0. The molecule has 76 heavy (non-hydrogen) atoms. The van der Waals surface area contributed by atoms with Crippen LogP contribution in [0.1, 0.15) is 0 Å². The van der Waals surface area contributed by atoms with Gasteiger partial charge >= 0.3 is 0 Å². The number of ether oxygens (including phenoxy) is 2. The summed E-state index contributed by atoms with van der Waals surface area (Å²) in [5, 5.41) is 0. The summed E-state index contributed by atoms with van der Waals surface area (Å²) in [4.78, 5) is 15.4. The maximum absolute atomic E-state index is 7.03. The van der Waals surface area contributed by atoms with Crippen LogP contribution in [-0.4, -0.2) is 13.4 Å². The van der Waals surface area contributed by atoms with E-state index in [-0.39, 0.29) is 13.4 Å². The molecule has 0 amide bonds. The Morgan fingerprint density at radius 3 is 0.842 bits per heavy atom. The summed E-state index contributed by atoms with van der Waals surface area (Å²) in [6, 6.07) is 84.3. The van der Waals surface area contributed by atoms with Gasteiger partial charge in [-0.15, -0.1) is 0 Å². The van der Waals surface area contributed by atoms with Crippen LogP contribution >= 0.6 is 0 Å². The highest BCUT2D eigenvalue weighted by Crippen LogP contribution is 2.63. The van der Waals surface area contributed by atoms with Gasteiger partial charge in [0, 0.05) is 56.9 Å². The fraction of sp³-hybridized carbons (Fsp3) is 0. The molecule has 0 saturated heterocycles. The molecule has 8 aliphatic heterocycles. The fourth-order valence-electron chi connectivity index (χ4n) is 14.5. The van der Waals surface area contributed by atoms with E-state index < -0.39 is 0 Å². The lowest BCUT2D eigenvalue weighted by Gasteiger charge is -2.56. The first kappa shape index (κ1) is 39.5. The summed E-state index contributed by atoms with van der Waals surface area (Å²) in [6.45, 7) is -0.403. The molecular formula is C66H38B2N6O2. The number of hydrogen-bond acceptors (Lipinski definition) is 8. The second-order valence-electron chi connectivity index (χ2n) is 20.7. The molecule has 8 aliphatic rings. The highest BCUT2D eigenvalue weighted by Gasteiger charge is 2.59. The maximum Gasteiger partial charge on any atom is 0.258 e. The quantitative estimate of drug-likeness (QED) is 0.162.